The Bertz CT molecular complexity index is 800. The summed E-state index contributed by atoms with van der Waals surface area (Å²) in [6.07, 6.45) is 0. The Morgan fingerprint density at radius 2 is 1.85 bits per heavy atom. The molecule has 0 aliphatic rings. The van der Waals surface area contributed by atoms with Gasteiger partial charge in [0.1, 0.15) is 4.21 Å². The molecule has 6 nitrogen and oxygen atoms in total. The van der Waals surface area contributed by atoms with Crippen LogP contribution in [0.15, 0.2) is 55.9 Å². The second kappa shape index (κ2) is 12.8. The van der Waals surface area contributed by atoms with Crippen LogP contribution in [0.1, 0.15) is 0 Å². The molecule has 0 unspecified atom stereocenters. The van der Waals surface area contributed by atoms with Crippen molar-refractivity contribution in [3.8, 4) is 0 Å². The van der Waals surface area contributed by atoms with Gasteiger partial charge in [0.15, 0.2) is 5.96 Å². The molecular weight excluding hydrogens is 539 g/mol. The van der Waals surface area contributed by atoms with E-state index < -0.39 is 10.0 Å². The Labute approximate surface area is 190 Å². The summed E-state index contributed by atoms with van der Waals surface area (Å²) < 4.78 is 26.9. The predicted octanol–water partition coefficient (Wildman–Crippen LogP) is 3.26. The van der Waals surface area contributed by atoms with Crippen LogP contribution in [0.5, 0.6) is 0 Å². The number of guanidine groups is 1. The molecule has 27 heavy (non-hydrogen) atoms. The van der Waals surface area contributed by atoms with Crippen molar-refractivity contribution in [2.24, 2.45) is 4.99 Å². The maximum absolute atomic E-state index is 12.0. The van der Waals surface area contributed by atoms with Gasteiger partial charge in [-0.1, -0.05) is 17.7 Å². The Morgan fingerprint density at radius 1 is 1.15 bits per heavy atom. The van der Waals surface area contributed by atoms with Gasteiger partial charge < -0.3 is 10.6 Å². The van der Waals surface area contributed by atoms with Crippen molar-refractivity contribution in [1.29, 1.82) is 0 Å². The van der Waals surface area contributed by atoms with E-state index in [9.17, 15) is 8.42 Å². The largest absolute Gasteiger partial charge is 0.356 e. The molecule has 150 valence electrons. The molecule has 3 N–H and O–H groups in total. The van der Waals surface area contributed by atoms with Gasteiger partial charge in [0.05, 0.1) is 0 Å². The average molecular weight is 561 g/mol. The smallest absolute Gasteiger partial charge is 0.250 e. The quantitative estimate of drug-likeness (QED) is 0.144. The molecular formula is C16H22ClIN4O2S3. The number of thiophene rings is 1. The summed E-state index contributed by atoms with van der Waals surface area (Å²) in [6, 6.07) is 11.0. The molecule has 2 rings (SSSR count). The molecule has 0 fully saturated rings. The first-order valence-electron chi connectivity index (χ1n) is 7.87. The van der Waals surface area contributed by atoms with Crippen LogP contribution in [0, 0.1) is 0 Å². The normalized spacial score (nSPS) is 11.7. The van der Waals surface area contributed by atoms with Crippen LogP contribution in [0.4, 0.5) is 0 Å². The van der Waals surface area contributed by atoms with Gasteiger partial charge in [0.2, 0.25) is 10.0 Å². The van der Waals surface area contributed by atoms with Crippen molar-refractivity contribution < 1.29 is 8.42 Å². The van der Waals surface area contributed by atoms with Gasteiger partial charge in [-0.2, -0.15) is 0 Å². The molecule has 0 aliphatic carbocycles. The number of benzene rings is 1. The predicted molar refractivity (Wildman–Crippen MR) is 126 cm³/mol. The van der Waals surface area contributed by atoms with Crippen LogP contribution in [-0.2, 0) is 10.0 Å². The SMILES string of the molecule is CN=C(NCCNS(=O)(=O)c1cccs1)NCCSc1ccc(Cl)cc1.I. The Kier molecular flexibility index (Phi) is 11.7. The van der Waals surface area contributed by atoms with Crippen molar-refractivity contribution in [3.63, 3.8) is 0 Å². The van der Waals surface area contributed by atoms with E-state index in [-0.39, 0.29) is 30.5 Å². The summed E-state index contributed by atoms with van der Waals surface area (Å²) in [5.74, 6) is 1.50. The molecule has 1 aromatic carbocycles. The highest BCUT2D eigenvalue weighted by Crippen LogP contribution is 2.19. The summed E-state index contributed by atoms with van der Waals surface area (Å²) in [4.78, 5) is 5.28. The Hall–Kier alpha value is -0.530. The number of nitrogens with zero attached hydrogens (tertiary/aromatic N) is 1. The van der Waals surface area contributed by atoms with Crippen LogP contribution in [-0.4, -0.2) is 46.8 Å². The van der Waals surface area contributed by atoms with E-state index >= 15 is 0 Å². The number of sulfonamides is 1. The molecule has 0 saturated carbocycles. The Morgan fingerprint density at radius 3 is 2.48 bits per heavy atom. The zero-order valence-electron chi connectivity index (χ0n) is 14.6. The molecule has 0 spiro atoms. The molecule has 0 saturated heterocycles. The van der Waals surface area contributed by atoms with Crippen LogP contribution >= 0.6 is 58.7 Å². The molecule has 0 aliphatic heterocycles. The second-order valence-corrected chi connectivity index (χ2v) is 9.60. The van der Waals surface area contributed by atoms with Gasteiger partial charge in [0, 0.05) is 42.4 Å². The first-order valence-corrected chi connectivity index (χ1v) is 11.6. The molecule has 0 amide bonds. The number of hydrogen-bond donors (Lipinski definition) is 3. The maximum Gasteiger partial charge on any atom is 0.250 e. The summed E-state index contributed by atoms with van der Waals surface area (Å²) in [7, 11) is -1.74. The molecule has 0 radical (unpaired) electrons. The van der Waals surface area contributed by atoms with Crippen LogP contribution in [0.25, 0.3) is 0 Å². The number of halogens is 2. The fourth-order valence-electron chi connectivity index (χ4n) is 1.94. The zero-order valence-corrected chi connectivity index (χ0v) is 20.2. The first-order chi connectivity index (χ1) is 12.5. The topological polar surface area (TPSA) is 82.6 Å². The number of hydrogen-bond acceptors (Lipinski definition) is 5. The first kappa shape index (κ1) is 24.5. The van der Waals surface area contributed by atoms with Gasteiger partial charge in [0.25, 0.3) is 0 Å². The summed E-state index contributed by atoms with van der Waals surface area (Å²) in [5.41, 5.74) is 0. The highest BCUT2D eigenvalue weighted by atomic mass is 127. The fraction of sp³-hybridized carbons (Fsp3) is 0.312. The third-order valence-corrected chi connectivity index (χ3v) is 7.29. The summed E-state index contributed by atoms with van der Waals surface area (Å²) in [5, 5.41) is 8.74. The number of aliphatic imine (C=N–C) groups is 1. The van der Waals surface area contributed by atoms with E-state index in [2.05, 4.69) is 20.3 Å². The summed E-state index contributed by atoms with van der Waals surface area (Å²) >= 11 is 8.78. The summed E-state index contributed by atoms with van der Waals surface area (Å²) in [6.45, 7) is 1.45. The van der Waals surface area contributed by atoms with E-state index in [1.807, 2.05) is 24.3 Å². The minimum absolute atomic E-state index is 0. The third kappa shape index (κ3) is 9.01. The average Bonchev–Trinajstić information content (AvgIpc) is 3.17. The van der Waals surface area contributed by atoms with Gasteiger partial charge in [-0.05, 0) is 35.7 Å². The van der Waals surface area contributed by atoms with Gasteiger partial charge in [-0.3, -0.25) is 4.99 Å². The van der Waals surface area contributed by atoms with E-state index in [4.69, 9.17) is 11.6 Å². The van der Waals surface area contributed by atoms with Gasteiger partial charge in [-0.25, -0.2) is 13.1 Å². The lowest BCUT2D eigenvalue weighted by Gasteiger charge is -2.12. The number of nitrogens with one attached hydrogen (secondary N) is 3. The van der Waals surface area contributed by atoms with Crippen molar-refractivity contribution in [1.82, 2.24) is 15.4 Å². The Balaban J connectivity index is 0.00000364. The van der Waals surface area contributed by atoms with E-state index in [1.165, 1.54) is 11.3 Å². The van der Waals surface area contributed by atoms with E-state index in [1.54, 1.807) is 36.3 Å². The van der Waals surface area contributed by atoms with E-state index in [0.29, 0.717) is 16.7 Å². The lowest BCUT2D eigenvalue weighted by atomic mass is 10.4. The molecule has 0 bridgehead atoms. The van der Waals surface area contributed by atoms with Crippen molar-refractivity contribution in [2.75, 3.05) is 32.4 Å². The monoisotopic (exact) mass is 560 g/mol. The highest BCUT2D eigenvalue weighted by Gasteiger charge is 2.13. The van der Waals surface area contributed by atoms with Gasteiger partial charge in [-0.15, -0.1) is 47.1 Å². The minimum Gasteiger partial charge on any atom is -0.356 e. The van der Waals surface area contributed by atoms with Crippen LogP contribution < -0.4 is 15.4 Å². The minimum atomic E-state index is -3.42. The van der Waals surface area contributed by atoms with Crippen LogP contribution in [0.3, 0.4) is 0 Å². The molecule has 1 aromatic heterocycles. The van der Waals surface area contributed by atoms with Gasteiger partial charge >= 0.3 is 0 Å². The van der Waals surface area contributed by atoms with Crippen molar-refractivity contribution in [2.45, 2.75) is 9.10 Å². The molecule has 1 heterocycles. The number of thioether (sulfide) groups is 1. The lowest BCUT2D eigenvalue weighted by molar-refractivity contribution is 0.582. The lowest BCUT2D eigenvalue weighted by Crippen LogP contribution is -2.42. The standard InChI is InChI=1S/C16H21ClN4O2S3.HI/c1-18-16(20-10-12-24-14-6-4-13(17)5-7-14)19-8-9-21-26(22,23)15-3-2-11-25-15;/h2-7,11,21H,8-10,12H2,1H3,(H2,18,19,20);1H. The number of rotatable bonds is 9. The zero-order chi connectivity index (χ0) is 18.8. The molecule has 2 aromatic rings. The van der Waals surface area contributed by atoms with Crippen molar-refractivity contribution in [3.05, 3.63) is 46.8 Å². The highest BCUT2D eigenvalue weighted by molar-refractivity contribution is 14.0. The third-order valence-electron chi connectivity index (χ3n) is 3.17. The van der Waals surface area contributed by atoms with Crippen molar-refractivity contribution >= 4 is 74.7 Å². The maximum atomic E-state index is 12.0. The van der Waals surface area contributed by atoms with Crippen LogP contribution in [0.2, 0.25) is 5.02 Å². The molecule has 11 heteroatoms. The molecule has 0 atom stereocenters. The van der Waals surface area contributed by atoms with E-state index in [0.717, 1.165) is 22.2 Å². The second-order valence-electron chi connectivity index (χ2n) is 5.06. The fourth-order valence-corrected chi connectivity index (χ4v) is 4.91.